The number of carbonyl (C=O) groups is 2. The molecule has 1 saturated heterocycles. The minimum absolute atomic E-state index is 0.248. The van der Waals surface area contributed by atoms with E-state index in [1.54, 1.807) is 30.3 Å². The third-order valence-corrected chi connectivity index (χ3v) is 5.79. The number of rotatable bonds is 7. The molecule has 0 atom stereocenters. The van der Waals surface area contributed by atoms with Gasteiger partial charge >= 0.3 is 0 Å². The van der Waals surface area contributed by atoms with Gasteiger partial charge in [0.1, 0.15) is 12.4 Å². The van der Waals surface area contributed by atoms with Gasteiger partial charge in [-0.2, -0.15) is 0 Å². The van der Waals surface area contributed by atoms with Crippen LogP contribution in [0.3, 0.4) is 0 Å². The maximum Gasteiger partial charge on any atom is 0.293 e. The van der Waals surface area contributed by atoms with E-state index in [2.05, 4.69) is 15.9 Å². The number of hydrogen-bond donors (Lipinski definition) is 0. The fraction of sp³-hybridized carbons (Fsp3) is 0.238. The van der Waals surface area contributed by atoms with Gasteiger partial charge in [0, 0.05) is 11.0 Å². The standard InChI is InChI=1S/C21H19BrFNO4S/c1-3-8-24-20(25)19(29-21(24)26)10-14-9-17(27-2)18(11-16(14)22)28-12-13-4-6-15(23)7-5-13/h4-7,9-11H,3,8,12H2,1-2H3/b19-10+. The average Bonchev–Trinajstić information content (AvgIpc) is 2.97. The van der Waals surface area contributed by atoms with Crippen LogP contribution in [0.2, 0.25) is 0 Å². The van der Waals surface area contributed by atoms with Gasteiger partial charge in [-0.1, -0.05) is 35.0 Å². The highest BCUT2D eigenvalue weighted by Gasteiger charge is 2.34. The summed E-state index contributed by atoms with van der Waals surface area (Å²) in [5, 5.41) is -0.259. The van der Waals surface area contributed by atoms with E-state index in [0.29, 0.717) is 39.4 Å². The molecule has 1 aliphatic rings. The van der Waals surface area contributed by atoms with E-state index in [9.17, 15) is 14.0 Å². The zero-order chi connectivity index (χ0) is 21.0. The smallest absolute Gasteiger partial charge is 0.293 e. The van der Waals surface area contributed by atoms with E-state index < -0.39 is 0 Å². The maximum atomic E-state index is 13.0. The number of benzene rings is 2. The van der Waals surface area contributed by atoms with E-state index >= 15 is 0 Å². The van der Waals surface area contributed by atoms with Gasteiger partial charge in [-0.05, 0) is 59.7 Å². The van der Waals surface area contributed by atoms with Crippen molar-refractivity contribution in [3.8, 4) is 11.5 Å². The van der Waals surface area contributed by atoms with Gasteiger partial charge in [0.15, 0.2) is 11.5 Å². The average molecular weight is 480 g/mol. The Balaban J connectivity index is 1.82. The van der Waals surface area contributed by atoms with Gasteiger partial charge < -0.3 is 9.47 Å². The number of methoxy groups -OCH3 is 1. The molecule has 0 saturated carbocycles. The first-order valence-electron chi connectivity index (χ1n) is 8.93. The summed E-state index contributed by atoms with van der Waals surface area (Å²) in [5.41, 5.74) is 1.51. The topological polar surface area (TPSA) is 55.8 Å². The molecule has 0 N–H and O–H groups in total. The molecular formula is C21H19BrFNO4S. The third-order valence-electron chi connectivity index (χ3n) is 4.20. The van der Waals surface area contributed by atoms with E-state index in [1.165, 1.54) is 24.1 Å². The Labute approximate surface area is 181 Å². The lowest BCUT2D eigenvalue weighted by molar-refractivity contribution is -0.122. The lowest BCUT2D eigenvalue weighted by atomic mass is 10.1. The third kappa shape index (κ3) is 5.00. The van der Waals surface area contributed by atoms with Gasteiger partial charge in [0.25, 0.3) is 11.1 Å². The van der Waals surface area contributed by atoms with Crippen molar-refractivity contribution in [2.45, 2.75) is 20.0 Å². The Bertz CT molecular complexity index is 962. The van der Waals surface area contributed by atoms with E-state index in [0.717, 1.165) is 17.3 Å². The van der Waals surface area contributed by atoms with E-state index in [-0.39, 0.29) is 23.6 Å². The second-order valence-electron chi connectivity index (χ2n) is 6.27. The van der Waals surface area contributed by atoms with Gasteiger partial charge in [-0.15, -0.1) is 0 Å². The largest absolute Gasteiger partial charge is 0.493 e. The minimum atomic E-state index is -0.304. The van der Waals surface area contributed by atoms with Crippen molar-refractivity contribution >= 4 is 44.9 Å². The number of imide groups is 1. The molecule has 3 rings (SSSR count). The molecule has 2 amide bonds. The lowest BCUT2D eigenvalue weighted by Gasteiger charge is -2.13. The normalized spacial score (nSPS) is 15.3. The summed E-state index contributed by atoms with van der Waals surface area (Å²) in [6, 6.07) is 9.53. The molecule has 0 bridgehead atoms. The SMILES string of the molecule is CCCN1C(=O)S/C(=C/c2cc(OC)c(OCc3ccc(F)cc3)cc2Br)C1=O. The molecule has 1 heterocycles. The first kappa shape index (κ1) is 21.4. The summed E-state index contributed by atoms with van der Waals surface area (Å²) < 4.78 is 25.0. The number of amides is 2. The van der Waals surface area contributed by atoms with Crippen LogP contribution in [0.1, 0.15) is 24.5 Å². The van der Waals surface area contributed by atoms with Crippen LogP contribution in [0, 0.1) is 5.82 Å². The van der Waals surface area contributed by atoms with Crippen molar-refractivity contribution in [3.05, 3.63) is 62.7 Å². The number of carbonyl (C=O) groups excluding carboxylic acids is 2. The molecule has 0 aliphatic carbocycles. The highest BCUT2D eigenvalue weighted by Crippen LogP contribution is 2.38. The highest BCUT2D eigenvalue weighted by molar-refractivity contribution is 9.10. The summed E-state index contributed by atoms with van der Waals surface area (Å²) in [5.74, 6) is 0.389. The van der Waals surface area contributed by atoms with Crippen LogP contribution in [-0.2, 0) is 11.4 Å². The van der Waals surface area contributed by atoms with E-state index in [4.69, 9.17) is 9.47 Å². The van der Waals surface area contributed by atoms with Crippen molar-refractivity contribution in [3.63, 3.8) is 0 Å². The first-order valence-corrected chi connectivity index (χ1v) is 10.5. The fourth-order valence-electron chi connectivity index (χ4n) is 2.73. The summed E-state index contributed by atoms with van der Waals surface area (Å²) in [4.78, 5) is 26.1. The molecule has 8 heteroatoms. The summed E-state index contributed by atoms with van der Waals surface area (Å²) in [6.45, 7) is 2.57. The molecule has 5 nitrogen and oxygen atoms in total. The second kappa shape index (κ2) is 9.45. The zero-order valence-electron chi connectivity index (χ0n) is 15.9. The van der Waals surface area contributed by atoms with Crippen LogP contribution in [-0.4, -0.2) is 29.7 Å². The fourth-order valence-corrected chi connectivity index (χ4v) is 4.03. The number of ether oxygens (including phenoxy) is 2. The van der Waals surface area contributed by atoms with Crippen molar-refractivity contribution in [1.29, 1.82) is 0 Å². The maximum absolute atomic E-state index is 13.0. The Morgan fingerprint density at radius 3 is 2.55 bits per heavy atom. The van der Waals surface area contributed by atoms with E-state index in [1.807, 2.05) is 6.92 Å². The lowest BCUT2D eigenvalue weighted by Crippen LogP contribution is -2.28. The minimum Gasteiger partial charge on any atom is -0.493 e. The Morgan fingerprint density at radius 2 is 1.90 bits per heavy atom. The van der Waals surface area contributed by atoms with Crippen LogP contribution >= 0.6 is 27.7 Å². The zero-order valence-corrected chi connectivity index (χ0v) is 18.3. The van der Waals surface area contributed by atoms with Gasteiger partial charge in [0.2, 0.25) is 0 Å². The van der Waals surface area contributed by atoms with Crippen molar-refractivity contribution in [2.24, 2.45) is 0 Å². The Morgan fingerprint density at radius 1 is 1.17 bits per heavy atom. The monoisotopic (exact) mass is 479 g/mol. The number of nitrogens with zero attached hydrogens (tertiary/aromatic N) is 1. The summed E-state index contributed by atoms with van der Waals surface area (Å²) in [6.07, 6.45) is 2.37. The molecule has 0 aromatic heterocycles. The number of halogens is 2. The molecule has 0 spiro atoms. The molecule has 0 radical (unpaired) electrons. The molecule has 0 unspecified atom stereocenters. The van der Waals surface area contributed by atoms with Crippen molar-refractivity contribution in [1.82, 2.24) is 4.90 Å². The van der Waals surface area contributed by atoms with Crippen LogP contribution in [0.4, 0.5) is 9.18 Å². The van der Waals surface area contributed by atoms with Crippen molar-refractivity contribution in [2.75, 3.05) is 13.7 Å². The van der Waals surface area contributed by atoms with Gasteiger partial charge in [-0.3, -0.25) is 14.5 Å². The van der Waals surface area contributed by atoms with Gasteiger partial charge in [0.05, 0.1) is 12.0 Å². The molecule has 2 aromatic rings. The highest BCUT2D eigenvalue weighted by atomic mass is 79.9. The Kier molecular flexibility index (Phi) is 6.97. The van der Waals surface area contributed by atoms with Crippen LogP contribution in [0.15, 0.2) is 45.8 Å². The van der Waals surface area contributed by atoms with Gasteiger partial charge in [-0.25, -0.2) is 4.39 Å². The molecule has 152 valence electrons. The molecule has 1 fully saturated rings. The van der Waals surface area contributed by atoms with Crippen LogP contribution < -0.4 is 9.47 Å². The molecule has 2 aromatic carbocycles. The molecular weight excluding hydrogens is 461 g/mol. The van der Waals surface area contributed by atoms with Crippen LogP contribution in [0.25, 0.3) is 6.08 Å². The Hall–Kier alpha value is -2.32. The molecule has 29 heavy (non-hydrogen) atoms. The predicted molar refractivity (Wildman–Crippen MR) is 114 cm³/mol. The predicted octanol–water partition coefficient (Wildman–Crippen LogP) is 5.62. The number of hydrogen-bond acceptors (Lipinski definition) is 5. The summed E-state index contributed by atoms with van der Waals surface area (Å²) >= 11 is 4.41. The van der Waals surface area contributed by atoms with Crippen molar-refractivity contribution < 1.29 is 23.5 Å². The first-order chi connectivity index (χ1) is 13.9. The molecule has 1 aliphatic heterocycles. The second-order valence-corrected chi connectivity index (χ2v) is 8.12. The van der Waals surface area contributed by atoms with Crippen LogP contribution in [0.5, 0.6) is 11.5 Å². The summed E-state index contributed by atoms with van der Waals surface area (Å²) in [7, 11) is 1.52. The number of thioether (sulfide) groups is 1. The quantitative estimate of drug-likeness (QED) is 0.482.